The predicted molar refractivity (Wildman–Crippen MR) is 163 cm³/mol. The van der Waals surface area contributed by atoms with Crippen molar-refractivity contribution in [3.05, 3.63) is 23.3 Å². The summed E-state index contributed by atoms with van der Waals surface area (Å²) in [6, 6.07) is 0. The number of rotatable bonds is 11. The molecule has 0 heterocycles. The van der Waals surface area contributed by atoms with Gasteiger partial charge in [0.1, 0.15) is 12.2 Å². The van der Waals surface area contributed by atoms with Crippen molar-refractivity contribution in [1.82, 2.24) is 0 Å². The Hall–Kier alpha value is -1.27. The van der Waals surface area contributed by atoms with Gasteiger partial charge in [-0.2, -0.15) is 11.8 Å². The number of allylic oxidation sites excluding steroid dienone is 3. The summed E-state index contributed by atoms with van der Waals surface area (Å²) >= 11 is 2.08. The van der Waals surface area contributed by atoms with Crippen LogP contribution < -0.4 is 0 Å². The van der Waals surface area contributed by atoms with Crippen LogP contribution in [0, 0.1) is 28.6 Å². The smallest absolute Gasteiger partial charge is 0.302 e. The van der Waals surface area contributed by atoms with E-state index in [0.29, 0.717) is 29.4 Å². The van der Waals surface area contributed by atoms with E-state index in [9.17, 15) is 14.7 Å². The Balaban J connectivity index is 1.51. The molecule has 6 heteroatoms. The molecule has 3 saturated carbocycles. The summed E-state index contributed by atoms with van der Waals surface area (Å²) in [5.41, 5.74) is 2.33. The van der Waals surface area contributed by atoms with Gasteiger partial charge in [-0.15, -0.1) is 0 Å². The Morgan fingerprint density at radius 2 is 1.70 bits per heavy atom. The van der Waals surface area contributed by atoms with Crippen LogP contribution in [0.4, 0.5) is 0 Å². The van der Waals surface area contributed by atoms with Crippen molar-refractivity contribution in [3.8, 4) is 0 Å². The molecule has 0 bridgehead atoms. The topological polar surface area (TPSA) is 72.8 Å². The average Bonchev–Trinajstić information content (AvgIpc) is 3.21. The maximum Gasteiger partial charge on any atom is 0.302 e. The van der Waals surface area contributed by atoms with Gasteiger partial charge in [0.25, 0.3) is 0 Å². The van der Waals surface area contributed by atoms with E-state index in [1.807, 2.05) is 0 Å². The fraction of sp³-hybridized carbons (Fsp3) is 0.824. The van der Waals surface area contributed by atoms with Crippen LogP contribution in [0.25, 0.3) is 0 Å². The van der Waals surface area contributed by atoms with E-state index in [0.717, 1.165) is 50.7 Å². The molecule has 3 fully saturated rings. The molecule has 8 atom stereocenters. The molecule has 0 saturated heterocycles. The molecule has 0 spiro atoms. The Morgan fingerprint density at radius 3 is 2.33 bits per heavy atom. The highest BCUT2D eigenvalue weighted by Crippen LogP contribution is 2.66. The molecule has 0 aliphatic heterocycles. The molecule has 1 N–H and O–H groups in total. The maximum absolute atomic E-state index is 12.2. The third-order valence-corrected chi connectivity index (χ3v) is 12.6. The lowest BCUT2D eigenvalue weighted by Crippen LogP contribution is -2.54. The normalized spacial score (nSPS) is 36.0. The molecule has 0 radical (unpaired) electrons. The van der Waals surface area contributed by atoms with Gasteiger partial charge in [0.2, 0.25) is 0 Å². The zero-order valence-corrected chi connectivity index (χ0v) is 26.9. The van der Waals surface area contributed by atoms with Gasteiger partial charge in [0, 0.05) is 37.4 Å². The van der Waals surface area contributed by atoms with Crippen molar-refractivity contribution in [2.45, 2.75) is 142 Å². The first-order valence-electron chi connectivity index (χ1n) is 16.0. The zero-order chi connectivity index (χ0) is 29.3. The van der Waals surface area contributed by atoms with Gasteiger partial charge < -0.3 is 14.6 Å². The van der Waals surface area contributed by atoms with Crippen LogP contribution in [-0.4, -0.2) is 45.9 Å². The second-order valence-corrected chi connectivity index (χ2v) is 15.3. The van der Waals surface area contributed by atoms with E-state index in [2.05, 4.69) is 58.5 Å². The fourth-order valence-electron chi connectivity index (χ4n) is 9.37. The lowest BCUT2D eigenvalue weighted by Gasteiger charge is -2.57. The van der Waals surface area contributed by atoms with Crippen LogP contribution in [0.3, 0.4) is 0 Å². The van der Waals surface area contributed by atoms with Crippen molar-refractivity contribution in [2.75, 3.05) is 5.75 Å². The van der Waals surface area contributed by atoms with E-state index >= 15 is 0 Å². The first-order valence-corrected chi connectivity index (χ1v) is 17.0. The molecule has 40 heavy (non-hydrogen) atoms. The molecule has 226 valence electrons. The largest absolute Gasteiger partial charge is 0.462 e. The summed E-state index contributed by atoms with van der Waals surface area (Å²) in [7, 11) is 0. The lowest BCUT2D eigenvalue weighted by atomic mass is 9.49. The standard InChI is InChI=1S/C34H54O5S/c1-8-15-34(37,16-9-2)18-19-40-22(3)28-12-13-29-27-11-10-25-20-26(38-23(4)35)21-31(39-24(5)36)33(25,7)30(27)14-17-32(28,29)6/h10-11,22,26,28-31,37H,8-9,12-21H2,1-7H3/t22?,26-,28-,29+,30+,31+,32-,33+/m1/s1. The van der Waals surface area contributed by atoms with Gasteiger partial charge >= 0.3 is 11.9 Å². The second kappa shape index (κ2) is 12.5. The molecule has 0 aromatic carbocycles. The minimum atomic E-state index is -0.504. The van der Waals surface area contributed by atoms with E-state index in [1.165, 1.54) is 38.7 Å². The highest BCUT2D eigenvalue weighted by atomic mass is 32.2. The van der Waals surface area contributed by atoms with Crippen LogP contribution in [0.2, 0.25) is 0 Å². The molecule has 4 aliphatic rings. The molecule has 0 amide bonds. The molecule has 0 aromatic rings. The van der Waals surface area contributed by atoms with E-state index in [-0.39, 0.29) is 35.0 Å². The van der Waals surface area contributed by atoms with Crippen LogP contribution in [0.15, 0.2) is 23.3 Å². The molecule has 0 aromatic heterocycles. The van der Waals surface area contributed by atoms with Gasteiger partial charge in [-0.3, -0.25) is 9.59 Å². The van der Waals surface area contributed by atoms with E-state index in [4.69, 9.17) is 9.47 Å². The summed E-state index contributed by atoms with van der Waals surface area (Å²) in [5.74, 6) is 2.06. The third kappa shape index (κ3) is 6.09. The summed E-state index contributed by atoms with van der Waals surface area (Å²) in [6.07, 6.45) is 14.9. The van der Waals surface area contributed by atoms with Crippen molar-refractivity contribution in [3.63, 3.8) is 0 Å². The Morgan fingerprint density at radius 1 is 1.02 bits per heavy atom. The summed E-state index contributed by atoms with van der Waals surface area (Å²) < 4.78 is 11.6. The maximum atomic E-state index is 12.2. The predicted octanol–water partition coefficient (Wildman–Crippen LogP) is 7.80. The lowest BCUT2D eigenvalue weighted by molar-refractivity contribution is -0.165. The number of hydrogen-bond acceptors (Lipinski definition) is 6. The van der Waals surface area contributed by atoms with Crippen molar-refractivity contribution in [2.24, 2.45) is 28.6 Å². The number of ether oxygens (including phenoxy) is 2. The number of hydrogen-bond donors (Lipinski definition) is 1. The number of esters is 2. The van der Waals surface area contributed by atoms with Gasteiger partial charge in [-0.25, -0.2) is 0 Å². The minimum Gasteiger partial charge on any atom is -0.462 e. The summed E-state index contributed by atoms with van der Waals surface area (Å²) in [6.45, 7) is 14.6. The molecule has 1 unspecified atom stereocenters. The van der Waals surface area contributed by atoms with Gasteiger partial charge in [0.15, 0.2) is 0 Å². The van der Waals surface area contributed by atoms with Gasteiger partial charge in [-0.05, 0) is 73.9 Å². The average molecular weight is 575 g/mol. The number of carbonyl (C=O) groups excluding carboxylic acids is 2. The Bertz CT molecular complexity index is 996. The fourth-order valence-corrected chi connectivity index (χ4v) is 10.9. The number of aliphatic hydroxyl groups is 1. The van der Waals surface area contributed by atoms with Gasteiger partial charge in [-0.1, -0.05) is 70.8 Å². The monoisotopic (exact) mass is 574 g/mol. The van der Waals surface area contributed by atoms with Crippen molar-refractivity contribution in [1.29, 1.82) is 0 Å². The van der Waals surface area contributed by atoms with Crippen molar-refractivity contribution < 1.29 is 24.2 Å². The molecular weight excluding hydrogens is 520 g/mol. The Kier molecular flexibility index (Phi) is 9.92. The molecule has 4 aliphatic carbocycles. The van der Waals surface area contributed by atoms with Crippen LogP contribution in [0.1, 0.15) is 119 Å². The van der Waals surface area contributed by atoms with Crippen LogP contribution >= 0.6 is 11.8 Å². The molecule has 5 nitrogen and oxygen atoms in total. The first kappa shape index (κ1) is 31.7. The summed E-state index contributed by atoms with van der Waals surface area (Å²) in [5, 5.41) is 11.7. The number of carbonyl (C=O) groups is 2. The van der Waals surface area contributed by atoms with Crippen LogP contribution in [-0.2, 0) is 19.1 Å². The van der Waals surface area contributed by atoms with Gasteiger partial charge in [0.05, 0.1) is 5.60 Å². The Labute approximate surface area is 247 Å². The van der Waals surface area contributed by atoms with Crippen LogP contribution in [0.5, 0.6) is 0 Å². The minimum absolute atomic E-state index is 0.244. The van der Waals surface area contributed by atoms with E-state index in [1.54, 1.807) is 5.57 Å². The summed E-state index contributed by atoms with van der Waals surface area (Å²) in [4.78, 5) is 24.0. The van der Waals surface area contributed by atoms with Crippen molar-refractivity contribution >= 4 is 23.7 Å². The molecule has 4 rings (SSSR count). The first-order chi connectivity index (χ1) is 18.9. The highest BCUT2D eigenvalue weighted by Gasteiger charge is 2.60. The number of fused-ring (bicyclic) bond motifs is 5. The zero-order valence-electron chi connectivity index (χ0n) is 26.1. The number of thioether (sulfide) groups is 1. The highest BCUT2D eigenvalue weighted by molar-refractivity contribution is 7.99. The quantitative estimate of drug-likeness (QED) is 0.254. The second-order valence-electron chi connectivity index (χ2n) is 13.8. The SMILES string of the molecule is CCCC(O)(CCC)CCSC(C)[C@H]1CC[C@H]2C3=CC=C4C[C@@H](OC(C)=O)C[C@H](OC(C)=O)[C@]4(C)[C@H]3CC[C@]12C. The third-order valence-electron chi connectivity index (χ3n) is 11.3. The molecular formula is C34H54O5S. The van der Waals surface area contributed by atoms with E-state index < -0.39 is 5.60 Å².